The Morgan fingerprint density at radius 2 is 1.85 bits per heavy atom. The molecule has 5 heterocycles. The second-order valence-electron chi connectivity index (χ2n) is 13.3. The Hall–Kier alpha value is -4.84. The number of amides is 2. The van der Waals surface area contributed by atoms with Crippen molar-refractivity contribution in [1.29, 1.82) is 0 Å². The number of anilines is 1. The molecule has 0 bridgehead atoms. The third kappa shape index (κ3) is 6.00. The molecule has 48 heavy (non-hydrogen) atoms. The molecule has 11 nitrogen and oxygen atoms in total. The topological polar surface area (TPSA) is 109 Å². The van der Waals surface area contributed by atoms with Gasteiger partial charge in [0.2, 0.25) is 5.91 Å². The normalized spacial score (nSPS) is 18.1. The minimum atomic E-state index is -0.508. The highest BCUT2D eigenvalue weighted by Gasteiger charge is 2.47. The van der Waals surface area contributed by atoms with Crippen LogP contribution in [0.25, 0.3) is 0 Å². The molecule has 250 valence electrons. The molecular weight excluding hydrogens is 611 g/mol. The van der Waals surface area contributed by atoms with Gasteiger partial charge in [0.1, 0.15) is 23.9 Å². The van der Waals surface area contributed by atoms with Gasteiger partial charge in [0.15, 0.2) is 11.6 Å². The Morgan fingerprint density at radius 1 is 1.08 bits per heavy atom. The van der Waals surface area contributed by atoms with Gasteiger partial charge in [-0.25, -0.2) is 14.4 Å². The molecule has 0 aliphatic carbocycles. The number of likely N-dealkylation sites (tertiary alicyclic amines) is 1. The molecule has 3 aliphatic heterocycles. The molecule has 1 N–H and O–H groups in total. The molecule has 2 amide bonds. The van der Waals surface area contributed by atoms with Crippen LogP contribution in [-0.4, -0.2) is 80.1 Å². The number of hydrogen-bond acceptors (Lipinski definition) is 8. The van der Waals surface area contributed by atoms with E-state index in [9.17, 15) is 14.0 Å². The zero-order chi connectivity index (χ0) is 33.4. The predicted octanol–water partition coefficient (Wildman–Crippen LogP) is 4.80. The molecule has 2 saturated heterocycles. The van der Waals surface area contributed by atoms with Gasteiger partial charge in [-0.1, -0.05) is 30.3 Å². The Labute approximate surface area is 279 Å². The number of halogens is 1. The second kappa shape index (κ2) is 13.0. The minimum Gasteiger partial charge on any atom is -0.451 e. The summed E-state index contributed by atoms with van der Waals surface area (Å²) in [5, 5.41) is 8.03. The number of benzene rings is 2. The summed E-state index contributed by atoms with van der Waals surface area (Å²) in [6.07, 6.45) is 6.68. The van der Waals surface area contributed by atoms with Crippen LogP contribution in [0, 0.1) is 11.2 Å². The van der Waals surface area contributed by atoms with Crippen LogP contribution in [0.2, 0.25) is 0 Å². The Kier molecular flexibility index (Phi) is 8.59. The van der Waals surface area contributed by atoms with Crippen LogP contribution < -0.4 is 15.0 Å². The van der Waals surface area contributed by atoms with Crippen molar-refractivity contribution in [2.75, 3.05) is 37.6 Å². The summed E-state index contributed by atoms with van der Waals surface area (Å²) in [5.74, 6) is 0.594. The van der Waals surface area contributed by atoms with E-state index in [1.807, 2.05) is 54.7 Å². The summed E-state index contributed by atoms with van der Waals surface area (Å²) in [6, 6.07) is 13.8. The number of hydrogen-bond donors (Lipinski definition) is 1. The molecule has 1 atom stereocenters. The quantitative estimate of drug-likeness (QED) is 0.275. The average Bonchev–Trinajstić information content (AvgIpc) is 3.68. The van der Waals surface area contributed by atoms with Gasteiger partial charge in [-0.3, -0.25) is 19.6 Å². The number of rotatable bonds is 9. The van der Waals surface area contributed by atoms with Gasteiger partial charge >= 0.3 is 0 Å². The molecule has 2 aromatic carbocycles. The van der Waals surface area contributed by atoms with E-state index in [1.54, 1.807) is 11.1 Å². The molecule has 12 heteroatoms. The van der Waals surface area contributed by atoms with Crippen molar-refractivity contribution in [2.45, 2.75) is 58.8 Å². The van der Waals surface area contributed by atoms with Crippen molar-refractivity contribution in [3.05, 3.63) is 95.5 Å². The molecule has 0 unspecified atom stereocenters. The van der Waals surface area contributed by atoms with Crippen molar-refractivity contribution in [2.24, 2.45) is 5.41 Å². The van der Waals surface area contributed by atoms with Crippen LogP contribution in [0.4, 0.5) is 10.2 Å². The fourth-order valence-corrected chi connectivity index (χ4v) is 7.29. The molecule has 4 aromatic rings. The lowest BCUT2D eigenvalue weighted by atomic mass is 9.72. The third-order valence-corrected chi connectivity index (χ3v) is 9.95. The molecule has 2 fully saturated rings. The van der Waals surface area contributed by atoms with Gasteiger partial charge in [-0.2, -0.15) is 5.10 Å². The lowest BCUT2D eigenvalue weighted by Crippen LogP contribution is -2.61. The molecule has 2 aromatic heterocycles. The highest BCUT2D eigenvalue weighted by molar-refractivity contribution is 5.97. The molecule has 3 aliphatic rings. The number of nitrogens with one attached hydrogen (secondary N) is 1. The molecule has 0 radical (unpaired) electrons. The van der Waals surface area contributed by atoms with E-state index in [2.05, 4.69) is 37.4 Å². The fraction of sp³-hybridized carbons (Fsp3) is 0.417. The number of ether oxygens (including phenoxy) is 1. The van der Waals surface area contributed by atoms with Crippen molar-refractivity contribution < 1.29 is 18.7 Å². The summed E-state index contributed by atoms with van der Waals surface area (Å²) in [5.41, 5.74) is 3.45. The highest BCUT2D eigenvalue weighted by Crippen LogP contribution is 2.45. The van der Waals surface area contributed by atoms with Crippen LogP contribution >= 0.6 is 0 Å². The van der Waals surface area contributed by atoms with Crippen LogP contribution in [0.3, 0.4) is 0 Å². The molecule has 1 spiro atoms. The lowest BCUT2D eigenvalue weighted by molar-refractivity contribution is -0.136. The van der Waals surface area contributed by atoms with Crippen LogP contribution in [0.1, 0.15) is 66.8 Å². The SMILES string of the molecule is CCN(C(=O)c1cc(F)ccc1Oc1cncnc1N1CC2(CCN(C(=O)[C@H]3NCc4c3cnn4Cc3ccccc3)CC2)C1)C(C)C. The maximum absolute atomic E-state index is 14.3. The zero-order valence-electron chi connectivity index (χ0n) is 27.6. The molecule has 7 rings (SSSR count). The molecule has 0 saturated carbocycles. The highest BCUT2D eigenvalue weighted by atomic mass is 19.1. The maximum Gasteiger partial charge on any atom is 0.257 e. The van der Waals surface area contributed by atoms with Crippen molar-refractivity contribution in [3.8, 4) is 11.5 Å². The number of piperidine rings is 1. The van der Waals surface area contributed by atoms with Crippen LogP contribution in [0.5, 0.6) is 11.5 Å². The Morgan fingerprint density at radius 3 is 2.58 bits per heavy atom. The van der Waals surface area contributed by atoms with E-state index in [0.717, 1.165) is 37.2 Å². The van der Waals surface area contributed by atoms with Crippen molar-refractivity contribution in [3.63, 3.8) is 0 Å². The number of fused-ring (bicyclic) bond motifs is 1. The summed E-state index contributed by atoms with van der Waals surface area (Å²) < 4.78 is 22.5. The van der Waals surface area contributed by atoms with Gasteiger partial charge in [-0.15, -0.1) is 0 Å². The predicted molar refractivity (Wildman–Crippen MR) is 178 cm³/mol. The summed E-state index contributed by atoms with van der Waals surface area (Å²) >= 11 is 0. The average molecular weight is 653 g/mol. The van der Waals surface area contributed by atoms with Crippen molar-refractivity contribution >= 4 is 17.6 Å². The fourth-order valence-electron chi connectivity index (χ4n) is 7.29. The Bertz CT molecular complexity index is 1800. The van der Waals surface area contributed by atoms with E-state index in [0.29, 0.717) is 44.3 Å². The van der Waals surface area contributed by atoms with Gasteiger partial charge in [0.05, 0.1) is 30.2 Å². The monoisotopic (exact) mass is 652 g/mol. The first-order chi connectivity index (χ1) is 23.2. The first kappa shape index (κ1) is 31.7. The summed E-state index contributed by atoms with van der Waals surface area (Å²) in [6.45, 7) is 10.5. The maximum atomic E-state index is 14.3. The van der Waals surface area contributed by atoms with Crippen LogP contribution in [-0.2, 0) is 17.9 Å². The smallest absolute Gasteiger partial charge is 0.257 e. The van der Waals surface area contributed by atoms with Gasteiger partial charge in [0, 0.05) is 56.3 Å². The second-order valence-corrected chi connectivity index (χ2v) is 13.3. The van der Waals surface area contributed by atoms with E-state index in [-0.39, 0.29) is 40.6 Å². The largest absolute Gasteiger partial charge is 0.451 e. The van der Waals surface area contributed by atoms with Crippen LogP contribution in [0.15, 0.2) is 67.3 Å². The number of carbonyl (C=O) groups excluding carboxylic acids is 2. The first-order valence-corrected chi connectivity index (χ1v) is 16.7. The molecular formula is C36H41FN8O3. The Balaban J connectivity index is 0.985. The van der Waals surface area contributed by atoms with E-state index < -0.39 is 5.82 Å². The van der Waals surface area contributed by atoms with E-state index in [4.69, 9.17) is 4.74 Å². The first-order valence-electron chi connectivity index (χ1n) is 16.7. The summed E-state index contributed by atoms with van der Waals surface area (Å²) in [7, 11) is 0. The van der Waals surface area contributed by atoms with Gasteiger partial charge in [-0.05, 0) is 57.4 Å². The third-order valence-electron chi connectivity index (χ3n) is 9.95. The minimum absolute atomic E-state index is 0.0518. The zero-order valence-corrected chi connectivity index (χ0v) is 27.6. The number of aromatic nitrogens is 4. The van der Waals surface area contributed by atoms with Gasteiger partial charge in [0.25, 0.3) is 5.91 Å². The number of carbonyl (C=O) groups is 2. The standard InChI is InChI=1S/C36H41FN8O3/c1-4-44(24(2)3)34(46)27-16-26(37)10-11-30(27)48-31-19-38-23-40-33(31)43-21-36(22-43)12-14-42(15-13-36)35(47)32-28-17-41-45(29(28)18-39-32)20-25-8-6-5-7-9-25/h5-11,16-17,19,23-24,32,39H,4,12-15,18,20-22H2,1-3H3/t32-/m0/s1. The number of nitrogens with zero attached hydrogens (tertiary/aromatic N) is 7. The van der Waals surface area contributed by atoms with E-state index in [1.165, 1.54) is 30.1 Å². The van der Waals surface area contributed by atoms with E-state index >= 15 is 0 Å². The van der Waals surface area contributed by atoms with Gasteiger partial charge < -0.3 is 19.4 Å². The van der Waals surface area contributed by atoms with Crippen molar-refractivity contribution in [1.82, 2.24) is 34.9 Å². The lowest BCUT2D eigenvalue weighted by Gasteiger charge is -2.54. The summed E-state index contributed by atoms with van der Waals surface area (Å²) in [4.78, 5) is 41.5.